The lowest BCUT2D eigenvalue weighted by molar-refractivity contribution is -0.122. The maximum Gasteiger partial charge on any atom is 0.270 e. The molecule has 0 spiro atoms. The molecule has 1 aliphatic heterocycles. The van der Waals surface area contributed by atoms with E-state index in [9.17, 15) is 9.59 Å². The van der Waals surface area contributed by atoms with Crippen molar-refractivity contribution in [1.29, 1.82) is 0 Å². The smallest absolute Gasteiger partial charge is 0.270 e. The predicted octanol–water partition coefficient (Wildman–Crippen LogP) is 3.28. The minimum atomic E-state index is -0.491. The van der Waals surface area contributed by atoms with E-state index in [1.165, 1.54) is 4.90 Å². The Kier molecular flexibility index (Phi) is 4.36. The van der Waals surface area contributed by atoms with Gasteiger partial charge in [-0.1, -0.05) is 46.3 Å². The number of para-hydroxylation sites is 1. The Bertz CT molecular complexity index is 816. The monoisotopic (exact) mass is 386 g/mol. The number of rotatable bonds is 2. The number of amides is 2. The molecule has 0 atom stereocenters. The number of hydrogen-bond donors (Lipinski definition) is 1. The van der Waals surface area contributed by atoms with Crippen molar-refractivity contribution in [3.63, 3.8) is 0 Å². The van der Waals surface area contributed by atoms with Gasteiger partial charge in [0.1, 0.15) is 5.57 Å². The molecule has 0 aliphatic carbocycles. The van der Waals surface area contributed by atoms with Gasteiger partial charge in [-0.2, -0.15) is 0 Å². The summed E-state index contributed by atoms with van der Waals surface area (Å²) in [7, 11) is 0. The van der Waals surface area contributed by atoms with Crippen molar-refractivity contribution in [3.05, 3.63) is 70.2 Å². The van der Waals surface area contributed by atoms with Gasteiger partial charge < -0.3 is 0 Å². The van der Waals surface area contributed by atoms with Crippen molar-refractivity contribution in [2.75, 3.05) is 4.90 Å². The maximum absolute atomic E-state index is 12.7. The third-order valence-electron chi connectivity index (χ3n) is 3.30. The summed E-state index contributed by atoms with van der Waals surface area (Å²) in [5.41, 5.74) is 1.42. The standard InChI is InChI=1S/C17H11BrN2O2S/c18-12-8-6-11(7-9-12)10-14-15(21)19-17(23)20(16(14)22)13-4-2-1-3-5-13/h1-10H,(H,19,21,23). The van der Waals surface area contributed by atoms with E-state index in [0.29, 0.717) is 5.69 Å². The molecule has 0 aromatic heterocycles. The second-order valence-electron chi connectivity index (χ2n) is 4.84. The summed E-state index contributed by atoms with van der Waals surface area (Å²) in [4.78, 5) is 26.2. The van der Waals surface area contributed by atoms with Crippen molar-refractivity contribution < 1.29 is 9.59 Å². The summed E-state index contributed by atoms with van der Waals surface area (Å²) in [5, 5.41) is 2.64. The molecule has 1 fully saturated rings. The number of hydrogen-bond acceptors (Lipinski definition) is 3. The molecule has 3 rings (SSSR count). The minimum Gasteiger partial charge on any atom is -0.298 e. The molecular weight excluding hydrogens is 376 g/mol. The quantitative estimate of drug-likeness (QED) is 0.489. The van der Waals surface area contributed by atoms with E-state index in [0.717, 1.165) is 10.0 Å². The Morgan fingerprint density at radius 1 is 1.00 bits per heavy atom. The number of thiocarbonyl (C=S) groups is 1. The second kappa shape index (κ2) is 6.44. The van der Waals surface area contributed by atoms with Crippen LogP contribution in [0.15, 0.2) is 64.6 Å². The third kappa shape index (κ3) is 3.23. The van der Waals surface area contributed by atoms with Crippen LogP contribution >= 0.6 is 28.1 Å². The molecule has 1 N–H and O–H groups in total. The van der Waals surface area contributed by atoms with Gasteiger partial charge in [-0.05, 0) is 48.1 Å². The van der Waals surface area contributed by atoms with E-state index >= 15 is 0 Å². The molecule has 0 saturated carbocycles. The molecular formula is C17H11BrN2O2S. The fourth-order valence-electron chi connectivity index (χ4n) is 2.19. The van der Waals surface area contributed by atoms with Crippen LogP contribution < -0.4 is 10.2 Å². The Morgan fingerprint density at radius 3 is 2.30 bits per heavy atom. The minimum absolute atomic E-state index is 0.0461. The molecule has 0 unspecified atom stereocenters. The van der Waals surface area contributed by atoms with Crippen LogP contribution in [0.4, 0.5) is 5.69 Å². The van der Waals surface area contributed by atoms with Gasteiger partial charge in [0, 0.05) is 4.47 Å². The Morgan fingerprint density at radius 2 is 1.65 bits per heavy atom. The normalized spacial score (nSPS) is 16.7. The number of anilines is 1. The number of benzene rings is 2. The summed E-state index contributed by atoms with van der Waals surface area (Å²) in [6.45, 7) is 0. The fourth-order valence-corrected chi connectivity index (χ4v) is 2.74. The summed E-state index contributed by atoms with van der Waals surface area (Å²) in [6, 6.07) is 16.3. The number of nitrogens with zero attached hydrogens (tertiary/aromatic N) is 1. The van der Waals surface area contributed by atoms with Crippen LogP contribution in [0.3, 0.4) is 0 Å². The number of halogens is 1. The Labute approximate surface area is 146 Å². The lowest BCUT2D eigenvalue weighted by Crippen LogP contribution is -2.54. The van der Waals surface area contributed by atoms with Crippen molar-refractivity contribution in [2.45, 2.75) is 0 Å². The molecule has 6 heteroatoms. The first-order chi connectivity index (χ1) is 11.1. The van der Waals surface area contributed by atoms with E-state index in [-0.39, 0.29) is 10.7 Å². The molecule has 1 aliphatic rings. The lowest BCUT2D eigenvalue weighted by Gasteiger charge is -2.28. The zero-order valence-electron chi connectivity index (χ0n) is 11.8. The average Bonchev–Trinajstić information content (AvgIpc) is 2.54. The van der Waals surface area contributed by atoms with Gasteiger partial charge in [0.05, 0.1) is 5.69 Å². The first-order valence-corrected chi connectivity index (χ1v) is 7.98. The van der Waals surface area contributed by atoms with Crippen LogP contribution in [0.2, 0.25) is 0 Å². The molecule has 4 nitrogen and oxygen atoms in total. The average molecular weight is 387 g/mol. The second-order valence-corrected chi connectivity index (χ2v) is 6.15. The van der Waals surface area contributed by atoms with E-state index < -0.39 is 11.8 Å². The fraction of sp³-hybridized carbons (Fsp3) is 0. The highest BCUT2D eigenvalue weighted by Gasteiger charge is 2.34. The maximum atomic E-state index is 12.7. The topological polar surface area (TPSA) is 49.4 Å². The van der Waals surface area contributed by atoms with Gasteiger partial charge in [-0.25, -0.2) is 0 Å². The van der Waals surface area contributed by atoms with Gasteiger partial charge in [-0.15, -0.1) is 0 Å². The van der Waals surface area contributed by atoms with Crippen molar-refractivity contribution in [1.82, 2.24) is 5.32 Å². The lowest BCUT2D eigenvalue weighted by atomic mass is 10.1. The van der Waals surface area contributed by atoms with Gasteiger partial charge >= 0.3 is 0 Å². The molecule has 23 heavy (non-hydrogen) atoms. The van der Waals surface area contributed by atoms with Crippen LogP contribution in [0.5, 0.6) is 0 Å². The van der Waals surface area contributed by atoms with Crippen LogP contribution in [0.1, 0.15) is 5.56 Å². The summed E-state index contributed by atoms with van der Waals surface area (Å²) < 4.78 is 0.922. The van der Waals surface area contributed by atoms with E-state index in [1.54, 1.807) is 30.3 Å². The molecule has 0 bridgehead atoms. The molecule has 2 aromatic rings. The number of nitrogens with one attached hydrogen (secondary N) is 1. The van der Waals surface area contributed by atoms with Gasteiger partial charge in [0.15, 0.2) is 5.11 Å². The van der Waals surface area contributed by atoms with Crippen LogP contribution in [-0.4, -0.2) is 16.9 Å². The van der Waals surface area contributed by atoms with Gasteiger partial charge in [0.2, 0.25) is 0 Å². The van der Waals surface area contributed by atoms with E-state index in [1.807, 2.05) is 30.3 Å². The molecule has 1 saturated heterocycles. The summed E-state index contributed by atoms with van der Waals surface area (Å²) in [6.07, 6.45) is 1.56. The van der Waals surface area contributed by atoms with E-state index in [2.05, 4.69) is 21.2 Å². The summed E-state index contributed by atoms with van der Waals surface area (Å²) in [5.74, 6) is -0.928. The zero-order valence-corrected chi connectivity index (χ0v) is 14.2. The number of carbonyl (C=O) groups excluding carboxylic acids is 2. The van der Waals surface area contributed by atoms with Gasteiger partial charge in [-0.3, -0.25) is 19.8 Å². The molecule has 0 radical (unpaired) electrons. The first kappa shape index (κ1) is 15.6. The van der Waals surface area contributed by atoms with Crippen molar-refractivity contribution in [3.8, 4) is 0 Å². The number of carbonyl (C=O) groups is 2. The molecule has 114 valence electrons. The van der Waals surface area contributed by atoms with Gasteiger partial charge in [0.25, 0.3) is 11.8 Å². The van der Waals surface area contributed by atoms with Crippen LogP contribution in [0, 0.1) is 0 Å². The largest absolute Gasteiger partial charge is 0.298 e. The first-order valence-electron chi connectivity index (χ1n) is 6.78. The predicted molar refractivity (Wildman–Crippen MR) is 96.8 cm³/mol. The highest BCUT2D eigenvalue weighted by atomic mass is 79.9. The molecule has 2 amide bonds. The SMILES string of the molecule is O=C1NC(=S)N(c2ccccc2)C(=O)C1=Cc1ccc(Br)cc1. The zero-order chi connectivity index (χ0) is 16.4. The highest BCUT2D eigenvalue weighted by Crippen LogP contribution is 2.22. The van der Waals surface area contributed by atoms with Crippen LogP contribution in [0.25, 0.3) is 6.08 Å². The summed E-state index contributed by atoms with van der Waals surface area (Å²) >= 11 is 8.49. The van der Waals surface area contributed by atoms with Crippen LogP contribution in [-0.2, 0) is 9.59 Å². The Hall–Kier alpha value is -2.31. The van der Waals surface area contributed by atoms with Crippen molar-refractivity contribution >= 4 is 56.8 Å². The van der Waals surface area contributed by atoms with Crippen molar-refractivity contribution in [2.24, 2.45) is 0 Å². The molecule has 1 heterocycles. The Balaban J connectivity index is 2.00. The molecule has 2 aromatic carbocycles. The highest BCUT2D eigenvalue weighted by molar-refractivity contribution is 9.10. The third-order valence-corrected chi connectivity index (χ3v) is 4.11. The van der Waals surface area contributed by atoms with E-state index in [4.69, 9.17) is 12.2 Å².